The molecule has 0 atom stereocenters. The lowest BCUT2D eigenvalue weighted by Gasteiger charge is -2.13. The summed E-state index contributed by atoms with van der Waals surface area (Å²) in [7, 11) is 1.64. The molecule has 0 saturated carbocycles. The van der Waals surface area contributed by atoms with Gasteiger partial charge < -0.3 is 28.7 Å². The maximum Gasteiger partial charge on any atom is 0.470 e. The topological polar surface area (TPSA) is 77.4 Å². The van der Waals surface area contributed by atoms with Crippen LogP contribution in [0.5, 0.6) is 5.75 Å². The third-order valence-electron chi connectivity index (χ3n) is 2.06. The first-order valence-corrected chi connectivity index (χ1v) is 5.26. The van der Waals surface area contributed by atoms with E-state index in [0.29, 0.717) is 39.8 Å². The number of benzene rings is 1. The zero-order valence-electron chi connectivity index (χ0n) is 9.98. The van der Waals surface area contributed by atoms with E-state index in [-0.39, 0.29) is 0 Å². The van der Waals surface area contributed by atoms with Crippen LogP contribution < -0.4 is 10.2 Å². The van der Waals surface area contributed by atoms with E-state index in [1.165, 1.54) is 0 Å². The largest absolute Gasteiger partial charge is 0.491 e. The summed E-state index contributed by atoms with van der Waals surface area (Å²) in [5.74, 6) is 0.609. The summed E-state index contributed by atoms with van der Waals surface area (Å²) in [5.41, 5.74) is 0.584. The molecule has 0 bridgehead atoms. The Labute approximate surface area is 108 Å². The number of ether oxygens (including phenoxy) is 2. The van der Waals surface area contributed by atoms with Gasteiger partial charge in [0.1, 0.15) is 12.4 Å². The standard InChI is InChI=1S/C9H13B3O6/c1-15-5-6-16-9-4-2-3-8(7-9)12(17-10-13)18-11-14/h2-4,7,13-14H,5-6H2,1H3. The molecule has 0 aliphatic heterocycles. The normalized spacial score (nSPS) is 9.94. The van der Waals surface area contributed by atoms with E-state index < -0.39 is 7.12 Å². The molecular formula is C9H13B3O6. The molecular weight excluding hydrogens is 237 g/mol. The van der Waals surface area contributed by atoms with Gasteiger partial charge in [0.2, 0.25) is 0 Å². The maximum atomic E-state index is 8.60. The highest BCUT2D eigenvalue weighted by atomic mass is 16.6. The molecule has 1 rings (SSSR count). The molecule has 0 aliphatic carbocycles. The Morgan fingerprint density at radius 1 is 1.17 bits per heavy atom. The van der Waals surface area contributed by atoms with Crippen molar-refractivity contribution in [1.82, 2.24) is 0 Å². The van der Waals surface area contributed by atoms with Gasteiger partial charge in [-0.25, -0.2) is 0 Å². The van der Waals surface area contributed by atoms with Gasteiger partial charge in [-0.2, -0.15) is 0 Å². The molecule has 9 heteroatoms. The van der Waals surface area contributed by atoms with Gasteiger partial charge in [-0.15, -0.1) is 0 Å². The van der Waals surface area contributed by atoms with Crippen LogP contribution in [0.2, 0.25) is 0 Å². The summed E-state index contributed by atoms with van der Waals surface area (Å²) in [6.07, 6.45) is 0. The van der Waals surface area contributed by atoms with Gasteiger partial charge >= 0.3 is 22.5 Å². The van der Waals surface area contributed by atoms with Crippen molar-refractivity contribution >= 4 is 28.0 Å². The minimum absolute atomic E-state index is 0.421. The average molecular weight is 250 g/mol. The van der Waals surface area contributed by atoms with Crippen LogP contribution in [0.4, 0.5) is 0 Å². The number of rotatable bonds is 9. The highest BCUT2D eigenvalue weighted by molar-refractivity contribution is 6.68. The molecule has 94 valence electrons. The van der Waals surface area contributed by atoms with Crippen molar-refractivity contribution < 1.29 is 28.7 Å². The molecule has 18 heavy (non-hydrogen) atoms. The van der Waals surface area contributed by atoms with Crippen LogP contribution in [0.25, 0.3) is 0 Å². The van der Waals surface area contributed by atoms with Crippen molar-refractivity contribution in [2.45, 2.75) is 0 Å². The van der Waals surface area contributed by atoms with E-state index in [9.17, 15) is 0 Å². The minimum Gasteiger partial charge on any atom is -0.491 e. The quantitative estimate of drug-likeness (QED) is 0.409. The summed E-state index contributed by atoms with van der Waals surface area (Å²) in [6.45, 7) is 0.903. The monoisotopic (exact) mass is 250 g/mol. The van der Waals surface area contributed by atoms with E-state index >= 15 is 0 Å². The SMILES string of the molecule is COCCOc1cccc(B(O[B]O)O[B]O)c1. The van der Waals surface area contributed by atoms with Gasteiger partial charge in [0.25, 0.3) is 0 Å². The molecule has 0 spiro atoms. The van der Waals surface area contributed by atoms with E-state index in [2.05, 4.69) is 0 Å². The Bertz CT molecular complexity index is 334. The molecule has 0 amide bonds. The number of hydrogen-bond acceptors (Lipinski definition) is 6. The third kappa shape index (κ3) is 5.11. The summed E-state index contributed by atoms with van der Waals surface area (Å²) < 4.78 is 19.9. The number of hydrogen-bond donors (Lipinski definition) is 2. The molecule has 0 saturated heterocycles. The van der Waals surface area contributed by atoms with Crippen molar-refractivity contribution in [3.63, 3.8) is 0 Å². The van der Waals surface area contributed by atoms with Crippen molar-refractivity contribution in [2.75, 3.05) is 20.3 Å². The first-order valence-electron chi connectivity index (χ1n) is 5.26. The van der Waals surface area contributed by atoms with Crippen LogP contribution in [0.15, 0.2) is 24.3 Å². The summed E-state index contributed by atoms with van der Waals surface area (Å²) >= 11 is 0. The average Bonchev–Trinajstić information content (AvgIpc) is 2.39. The lowest BCUT2D eigenvalue weighted by Crippen LogP contribution is -2.39. The molecule has 0 aliphatic rings. The van der Waals surface area contributed by atoms with E-state index in [1.54, 1.807) is 31.4 Å². The highest BCUT2D eigenvalue weighted by Crippen LogP contribution is 2.08. The van der Waals surface area contributed by atoms with E-state index in [4.69, 9.17) is 28.7 Å². The number of methoxy groups -OCH3 is 1. The molecule has 0 heterocycles. The van der Waals surface area contributed by atoms with Gasteiger partial charge in [0.15, 0.2) is 0 Å². The van der Waals surface area contributed by atoms with Gasteiger partial charge in [-0.1, -0.05) is 12.1 Å². The Balaban J connectivity index is 2.65. The second kappa shape index (κ2) is 9.01. The van der Waals surface area contributed by atoms with Gasteiger partial charge in [-0.3, -0.25) is 0 Å². The zero-order chi connectivity index (χ0) is 13.2. The van der Waals surface area contributed by atoms with Crippen LogP contribution in [-0.2, 0) is 13.9 Å². The minimum atomic E-state index is -0.939. The van der Waals surface area contributed by atoms with Crippen LogP contribution >= 0.6 is 0 Å². The molecule has 0 unspecified atom stereocenters. The second-order valence-electron chi connectivity index (χ2n) is 3.23. The van der Waals surface area contributed by atoms with Crippen LogP contribution in [-0.4, -0.2) is 52.9 Å². The first-order chi connectivity index (χ1) is 8.81. The first kappa shape index (κ1) is 15.1. The lowest BCUT2D eigenvalue weighted by molar-refractivity contribution is 0.146. The maximum absolute atomic E-state index is 8.60. The Morgan fingerprint density at radius 2 is 1.89 bits per heavy atom. The fourth-order valence-electron chi connectivity index (χ4n) is 1.29. The van der Waals surface area contributed by atoms with Crippen molar-refractivity contribution in [1.29, 1.82) is 0 Å². The molecule has 0 aromatic heterocycles. The molecule has 1 aromatic carbocycles. The van der Waals surface area contributed by atoms with Crippen molar-refractivity contribution in [3.8, 4) is 5.75 Å². The van der Waals surface area contributed by atoms with Crippen molar-refractivity contribution in [3.05, 3.63) is 24.3 Å². The summed E-state index contributed by atoms with van der Waals surface area (Å²) in [6, 6.07) is 6.89. The van der Waals surface area contributed by atoms with Crippen molar-refractivity contribution in [2.24, 2.45) is 0 Å². The van der Waals surface area contributed by atoms with E-state index in [1.807, 2.05) is 0 Å². The lowest BCUT2D eigenvalue weighted by atomic mass is 9.76. The fourth-order valence-corrected chi connectivity index (χ4v) is 1.29. The smallest absolute Gasteiger partial charge is 0.470 e. The highest BCUT2D eigenvalue weighted by Gasteiger charge is 2.21. The summed E-state index contributed by atoms with van der Waals surface area (Å²) in [5, 5.41) is 17.2. The predicted molar refractivity (Wildman–Crippen MR) is 67.3 cm³/mol. The van der Waals surface area contributed by atoms with Crippen LogP contribution in [0.3, 0.4) is 0 Å². The zero-order valence-corrected chi connectivity index (χ0v) is 9.98. The van der Waals surface area contributed by atoms with Gasteiger partial charge in [-0.05, 0) is 17.6 Å². The fraction of sp³-hybridized carbons (Fsp3) is 0.333. The molecule has 1 aromatic rings. The van der Waals surface area contributed by atoms with Crippen LogP contribution in [0, 0.1) is 0 Å². The van der Waals surface area contributed by atoms with E-state index in [0.717, 1.165) is 0 Å². The Morgan fingerprint density at radius 3 is 2.50 bits per heavy atom. The van der Waals surface area contributed by atoms with Gasteiger partial charge in [0.05, 0.1) is 6.61 Å². The van der Waals surface area contributed by atoms with Gasteiger partial charge in [0, 0.05) is 7.11 Å². The third-order valence-corrected chi connectivity index (χ3v) is 2.06. The second-order valence-corrected chi connectivity index (χ2v) is 3.23. The predicted octanol–water partition coefficient (Wildman–Crippen LogP) is -1.51. The molecule has 6 nitrogen and oxygen atoms in total. The molecule has 0 fully saturated rings. The van der Waals surface area contributed by atoms with Crippen LogP contribution in [0.1, 0.15) is 0 Å². The Kier molecular flexibility index (Phi) is 7.55. The summed E-state index contributed by atoms with van der Waals surface area (Å²) in [4.78, 5) is 0. The molecule has 2 radical (unpaired) electrons. The Hall–Kier alpha value is -0.985. The molecule has 2 N–H and O–H groups in total.